The molecule has 0 heterocycles. The molecule has 0 fully saturated rings. The van der Waals surface area contributed by atoms with E-state index >= 15 is 0 Å². The second-order valence-corrected chi connectivity index (χ2v) is 17.0. The lowest BCUT2D eigenvalue weighted by molar-refractivity contribution is 0.223. The number of alkyl halides is 3. The van der Waals surface area contributed by atoms with Gasteiger partial charge in [-0.1, -0.05) is 0 Å². The van der Waals surface area contributed by atoms with Gasteiger partial charge in [0.1, 0.15) is 0 Å². The predicted molar refractivity (Wildman–Crippen MR) is 170 cm³/mol. The van der Waals surface area contributed by atoms with Crippen LogP contribution in [0.4, 0.5) is 0 Å². The molecule has 0 amide bonds. The molecule has 5 unspecified atom stereocenters. The first-order valence-electron chi connectivity index (χ1n) is 10.8. The number of aliphatic hydroxyl groups is 3. The second-order valence-electron chi connectivity index (χ2n) is 6.99. The van der Waals surface area contributed by atoms with E-state index in [1.165, 1.54) is 0 Å². The Kier molecular flexibility index (Phi) is 29.4. The highest BCUT2D eigenvalue weighted by molar-refractivity contribution is 8.17. The zero-order chi connectivity index (χ0) is 24.7. The van der Waals surface area contributed by atoms with Gasteiger partial charge in [0.05, 0.1) is 18.3 Å². The lowest BCUT2D eigenvalue weighted by Gasteiger charge is -2.19. The van der Waals surface area contributed by atoms with E-state index in [2.05, 4.69) is 18.7 Å². The third-order valence-electron chi connectivity index (χ3n) is 3.82. The highest BCUT2D eigenvalue weighted by Crippen LogP contribution is 2.29. The molecule has 0 saturated carbocycles. The van der Waals surface area contributed by atoms with Gasteiger partial charge in [-0.25, -0.2) is 0 Å². The van der Waals surface area contributed by atoms with Gasteiger partial charge in [0.25, 0.3) is 0 Å². The van der Waals surface area contributed by atoms with E-state index in [0.29, 0.717) is 39.0 Å². The molecular formula is C20H39Cl3O3S7. The van der Waals surface area contributed by atoms with Gasteiger partial charge in [-0.05, 0) is 6.92 Å². The van der Waals surface area contributed by atoms with Gasteiger partial charge in [0.2, 0.25) is 0 Å². The van der Waals surface area contributed by atoms with Gasteiger partial charge in [-0.15, -0.1) is 58.3 Å². The Balaban J connectivity index is 4.10. The summed E-state index contributed by atoms with van der Waals surface area (Å²) >= 11 is 30.3. The quantitative estimate of drug-likeness (QED) is 0.0654. The maximum atomic E-state index is 9.67. The third-order valence-corrected chi connectivity index (χ3v) is 14.6. The number of hydrogen-bond donors (Lipinski definition) is 3. The van der Waals surface area contributed by atoms with Crippen LogP contribution in [0.3, 0.4) is 0 Å². The van der Waals surface area contributed by atoms with Gasteiger partial charge in [-0.3, -0.25) is 0 Å². The van der Waals surface area contributed by atoms with E-state index in [4.69, 9.17) is 34.8 Å². The van der Waals surface area contributed by atoms with Crippen LogP contribution < -0.4 is 0 Å². The molecule has 33 heavy (non-hydrogen) atoms. The van der Waals surface area contributed by atoms with Crippen molar-refractivity contribution in [1.29, 1.82) is 0 Å². The van der Waals surface area contributed by atoms with Crippen LogP contribution >= 0.6 is 117 Å². The van der Waals surface area contributed by atoms with Crippen LogP contribution in [-0.4, -0.2) is 124 Å². The van der Waals surface area contributed by atoms with Gasteiger partial charge < -0.3 is 15.3 Å². The lowest BCUT2D eigenvalue weighted by Crippen LogP contribution is -2.16. The minimum atomic E-state index is -0.427. The van der Waals surface area contributed by atoms with Crippen molar-refractivity contribution in [2.75, 3.05) is 80.9 Å². The molecule has 3 nitrogen and oxygen atoms in total. The maximum Gasteiger partial charge on any atom is 0.0766 e. The van der Waals surface area contributed by atoms with Crippen LogP contribution in [-0.2, 0) is 0 Å². The van der Waals surface area contributed by atoms with Crippen LogP contribution in [0, 0.1) is 0 Å². The fourth-order valence-corrected chi connectivity index (χ4v) is 11.3. The molecule has 0 aromatic carbocycles. The monoisotopic (exact) mass is 656 g/mol. The number of halogens is 3. The van der Waals surface area contributed by atoms with Crippen LogP contribution in [0.5, 0.6) is 0 Å². The van der Waals surface area contributed by atoms with Crippen molar-refractivity contribution in [3.8, 4) is 0 Å². The average molecular weight is 658 g/mol. The molecule has 0 aromatic heterocycles. The van der Waals surface area contributed by atoms with Crippen LogP contribution in [0.1, 0.15) is 6.92 Å². The van der Waals surface area contributed by atoms with Crippen molar-refractivity contribution in [2.45, 2.75) is 35.1 Å². The first-order valence-corrected chi connectivity index (χ1v) is 20.2. The number of rotatable bonds is 25. The molecule has 0 radical (unpaired) electrons. The molecule has 0 aliphatic rings. The summed E-state index contributed by atoms with van der Waals surface area (Å²) in [5, 5.41) is 29.3. The molecule has 3 N–H and O–H groups in total. The van der Waals surface area contributed by atoms with Gasteiger partial charge in [-0.2, -0.15) is 58.8 Å². The molecule has 0 rings (SSSR count). The summed E-state index contributed by atoms with van der Waals surface area (Å²) in [5.41, 5.74) is 0. The average Bonchev–Trinajstić information content (AvgIpc) is 2.83. The zero-order valence-corrected chi connectivity index (χ0v) is 27.1. The summed E-state index contributed by atoms with van der Waals surface area (Å²) in [6.07, 6.45) is -1.22. The standard InChI is InChI=1S/C20H39Cl3O3S7/c1-16(32-13-19(26)10-23)33-15-20(14-30-5-4-29-12-18(25)9-22)31-7-6-27-2-3-28-11-17(24)8-21/h16-20,24-26H,2-15H2,1H3. The van der Waals surface area contributed by atoms with Crippen molar-refractivity contribution in [3.05, 3.63) is 0 Å². The van der Waals surface area contributed by atoms with Crippen LogP contribution in [0.15, 0.2) is 0 Å². The van der Waals surface area contributed by atoms with Crippen molar-refractivity contribution < 1.29 is 15.3 Å². The molecule has 0 aliphatic heterocycles. The smallest absolute Gasteiger partial charge is 0.0766 e. The minimum absolute atomic E-state index is 0.295. The lowest BCUT2D eigenvalue weighted by atomic mass is 10.5. The van der Waals surface area contributed by atoms with Crippen LogP contribution in [0.25, 0.3) is 0 Å². The largest absolute Gasteiger partial charge is 0.391 e. The molecule has 200 valence electrons. The molecule has 0 bridgehead atoms. The fraction of sp³-hybridized carbons (Fsp3) is 1.00. The summed E-state index contributed by atoms with van der Waals surface area (Å²) in [6, 6.07) is 0. The summed E-state index contributed by atoms with van der Waals surface area (Å²) in [5.74, 6) is 11.9. The van der Waals surface area contributed by atoms with E-state index in [0.717, 1.165) is 51.8 Å². The Hall–Kier alpha value is 3.20. The normalized spacial score (nSPS) is 16.5. The molecule has 0 aliphatic carbocycles. The Morgan fingerprint density at radius 1 is 0.515 bits per heavy atom. The predicted octanol–water partition coefficient (Wildman–Crippen LogP) is 5.63. The highest BCUT2D eigenvalue weighted by Gasteiger charge is 2.14. The van der Waals surface area contributed by atoms with Crippen LogP contribution in [0.2, 0.25) is 0 Å². The third kappa shape index (κ3) is 25.2. The Bertz CT molecular complexity index is 423. The molecule has 0 aromatic rings. The minimum Gasteiger partial charge on any atom is -0.391 e. The Morgan fingerprint density at radius 3 is 1.48 bits per heavy atom. The molecule has 5 atom stereocenters. The van der Waals surface area contributed by atoms with Gasteiger partial charge >= 0.3 is 0 Å². The highest BCUT2D eigenvalue weighted by atomic mass is 35.5. The first-order chi connectivity index (χ1) is 15.9. The topological polar surface area (TPSA) is 60.7 Å². The number of thioether (sulfide) groups is 7. The molecule has 0 spiro atoms. The van der Waals surface area contributed by atoms with Gasteiger partial charge in [0.15, 0.2) is 0 Å². The van der Waals surface area contributed by atoms with Crippen molar-refractivity contribution in [2.24, 2.45) is 0 Å². The van der Waals surface area contributed by atoms with Gasteiger partial charge in [0, 0.05) is 90.8 Å². The summed E-state index contributed by atoms with van der Waals surface area (Å²) in [4.78, 5) is 0. The van der Waals surface area contributed by atoms with Crippen molar-refractivity contribution in [3.63, 3.8) is 0 Å². The SMILES string of the molecule is CC(SCC(O)CCl)SCC(CSCCSCC(O)CCl)SCCSCCSCC(O)CCl. The Morgan fingerprint density at radius 2 is 0.939 bits per heavy atom. The molecule has 0 saturated heterocycles. The van der Waals surface area contributed by atoms with Crippen molar-refractivity contribution in [1.82, 2.24) is 0 Å². The van der Waals surface area contributed by atoms with E-state index in [1.807, 2.05) is 35.3 Å². The van der Waals surface area contributed by atoms with E-state index in [9.17, 15) is 15.3 Å². The molecule has 13 heteroatoms. The van der Waals surface area contributed by atoms with E-state index in [1.54, 1.807) is 35.3 Å². The van der Waals surface area contributed by atoms with Crippen molar-refractivity contribution >= 4 is 117 Å². The summed E-state index contributed by atoms with van der Waals surface area (Å²) in [7, 11) is 0. The second kappa shape index (κ2) is 26.8. The fourth-order valence-electron chi connectivity index (χ4n) is 2.08. The number of hydrogen-bond acceptors (Lipinski definition) is 10. The van der Waals surface area contributed by atoms with E-state index < -0.39 is 18.3 Å². The maximum absolute atomic E-state index is 9.67. The Labute approximate surface area is 246 Å². The number of aliphatic hydroxyl groups excluding tert-OH is 3. The zero-order valence-electron chi connectivity index (χ0n) is 19.1. The molecular weight excluding hydrogens is 619 g/mol. The van der Waals surface area contributed by atoms with E-state index in [-0.39, 0.29) is 0 Å². The summed E-state index contributed by atoms with van der Waals surface area (Å²) < 4.78 is 0.443. The first kappa shape index (κ1) is 36.2. The summed E-state index contributed by atoms with van der Waals surface area (Å²) in [6.45, 7) is 2.21.